The molecular weight excluding hydrogens is 496 g/mol. The average molecular weight is 527 g/mol. The van der Waals surface area contributed by atoms with Crippen molar-refractivity contribution in [3.63, 3.8) is 0 Å². The van der Waals surface area contributed by atoms with Crippen LogP contribution in [0.4, 0.5) is 5.69 Å². The van der Waals surface area contributed by atoms with E-state index in [1.165, 1.54) is 6.92 Å². The van der Waals surface area contributed by atoms with Gasteiger partial charge in [-0.2, -0.15) is 0 Å². The molecule has 1 atom stereocenters. The molecule has 1 N–H and O–H groups in total. The smallest absolute Gasteiger partial charge is 0.357 e. The second kappa shape index (κ2) is 12.6. The number of carbonyl (C=O) groups is 3. The Kier molecular flexibility index (Phi) is 8.78. The third-order valence-corrected chi connectivity index (χ3v) is 6.02. The quantitative estimate of drug-likeness (QED) is 0.269. The van der Waals surface area contributed by atoms with Crippen molar-refractivity contribution in [3.05, 3.63) is 108 Å². The first-order valence-corrected chi connectivity index (χ1v) is 12.5. The fourth-order valence-electron chi connectivity index (χ4n) is 4.25. The lowest BCUT2D eigenvalue weighted by Gasteiger charge is -2.18. The van der Waals surface area contributed by atoms with E-state index in [9.17, 15) is 14.4 Å². The van der Waals surface area contributed by atoms with Crippen LogP contribution in [0, 0.1) is 0 Å². The van der Waals surface area contributed by atoms with Gasteiger partial charge in [0.05, 0.1) is 19.4 Å². The van der Waals surface area contributed by atoms with Gasteiger partial charge in [0.1, 0.15) is 5.75 Å². The molecule has 1 heterocycles. The van der Waals surface area contributed by atoms with Gasteiger partial charge in [-0.3, -0.25) is 9.59 Å². The lowest BCUT2D eigenvalue weighted by Crippen LogP contribution is -2.26. The van der Waals surface area contributed by atoms with E-state index in [-0.39, 0.29) is 18.0 Å². The lowest BCUT2D eigenvalue weighted by molar-refractivity contribution is -0.152. The number of nitrogens with one attached hydrogen (secondary N) is 1. The Bertz CT molecular complexity index is 1430. The lowest BCUT2D eigenvalue weighted by atomic mass is 10.1. The molecule has 0 saturated carbocycles. The highest BCUT2D eigenvalue weighted by Crippen LogP contribution is 2.36. The first-order valence-electron chi connectivity index (χ1n) is 12.5. The Morgan fingerprint density at radius 1 is 0.897 bits per heavy atom. The van der Waals surface area contributed by atoms with Gasteiger partial charge >= 0.3 is 11.9 Å². The third-order valence-electron chi connectivity index (χ3n) is 6.02. The number of anilines is 1. The molecular formula is C31H30N2O6. The van der Waals surface area contributed by atoms with Gasteiger partial charge in [0.25, 0.3) is 5.91 Å². The average Bonchev–Trinajstić information content (AvgIpc) is 3.30. The van der Waals surface area contributed by atoms with Gasteiger partial charge in [-0.05, 0) is 30.2 Å². The minimum Gasteiger partial charge on any atom is -0.497 e. The van der Waals surface area contributed by atoms with Crippen molar-refractivity contribution in [2.45, 2.75) is 26.5 Å². The number of esters is 2. The minimum atomic E-state index is -1.22. The number of rotatable bonds is 10. The van der Waals surface area contributed by atoms with Crippen LogP contribution < -0.4 is 10.1 Å². The first kappa shape index (κ1) is 27.2. The highest BCUT2D eigenvalue weighted by Gasteiger charge is 2.30. The molecule has 0 aliphatic heterocycles. The summed E-state index contributed by atoms with van der Waals surface area (Å²) in [4.78, 5) is 38.9. The Hall–Kier alpha value is -4.85. The van der Waals surface area contributed by atoms with Gasteiger partial charge < -0.3 is 24.1 Å². The molecule has 0 aliphatic rings. The van der Waals surface area contributed by atoms with Crippen LogP contribution >= 0.6 is 0 Å². The third kappa shape index (κ3) is 6.54. The van der Waals surface area contributed by atoms with Crippen molar-refractivity contribution in [3.8, 4) is 16.9 Å². The molecule has 0 unspecified atom stereocenters. The minimum absolute atomic E-state index is 0.153. The molecule has 1 amide bonds. The van der Waals surface area contributed by atoms with Gasteiger partial charge in [0.15, 0.2) is 5.69 Å². The van der Waals surface area contributed by atoms with Crippen LogP contribution in [0.15, 0.2) is 91.1 Å². The number of aromatic nitrogens is 1. The Balaban J connectivity index is 1.85. The highest BCUT2D eigenvalue weighted by atomic mass is 16.5. The summed E-state index contributed by atoms with van der Waals surface area (Å²) >= 11 is 0. The Morgan fingerprint density at radius 2 is 1.54 bits per heavy atom. The monoisotopic (exact) mass is 526 g/mol. The summed E-state index contributed by atoms with van der Waals surface area (Å²) in [6.45, 7) is 3.48. The summed E-state index contributed by atoms with van der Waals surface area (Å²) in [5.41, 5.74) is 3.23. The highest BCUT2D eigenvalue weighted by molar-refractivity contribution is 6.07. The van der Waals surface area contributed by atoms with Crippen molar-refractivity contribution in [2.75, 3.05) is 19.0 Å². The van der Waals surface area contributed by atoms with Crippen LogP contribution in [0.2, 0.25) is 0 Å². The maximum Gasteiger partial charge on any atom is 0.357 e. The molecule has 39 heavy (non-hydrogen) atoms. The van der Waals surface area contributed by atoms with Crippen LogP contribution in [0.1, 0.15) is 41.6 Å². The van der Waals surface area contributed by atoms with Crippen LogP contribution in [-0.2, 0) is 25.6 Å². The van der Waals surface area contributed by atoms with Crippen molar-refractivity contribution < 1.29 is 28.6 Å². The second-order valence-electron chi connectivity index (χ2n) is 8.72. The van der Waals surface area contributed by atoms with Gasteiger partial charge in [-0.1, -0.05) is 72.8 Å². The summed E-state index contributed by atoms with van der Waals surface area (Å²) in [5, 5.41) is 2.89. The summed E-state index contributed by atoms with van der Waals surface area (Å²) in [7, 11) is 1.58. The standard InChI is InChI=1S/C31H30N2O6/c1-4-38-31(36)28-27(32-30(35)29(39-21(2)34)24-13-9-6-10-14-24)26(23-15-17-25(37-3)18-16-23)20-33(28)19-22-11-7-5-8-12-22/h5-18,20,29H,4,19H2,1-3H3,(H,32,35)/t29-/m0/s1. The van der Waals surface area contributed by atoms with E-state index >= 15 is 0 Å². The van der Waals surface area contributed by atoms with Crippen LogP contribution in [-0.4, -0.2) is 36.1 Å². The molecule has 0 aliphatic carbocycles. The first-order chi connectivity index (χ1) is 18.9. The molecule has 0 saturated heterocycles. The van der Waals surface area contributed by atoms with E-state index in [1.54, 1.807) is 67.3 Å². The number of amides is 1. The molecule has 4 rings (SSSR count). The second-order valence-corrected chi connectivity index (χ2v) is 8.72. The van der Waals surface area contributed by atoms with Crippen molar-refractivity contribution >= 4 is 23.5 Å². The SMILES string of the molecule is CCOC(=O)c1c(NC(=O)[C@@H](OC(C)=O)c2ccccc2)c(-c2ccc(OC)cc2)cn1Cc1ccccc1. The van der Waals surface area contributed by atoms with Crippen molar-refractivity contribution in [2.24, 2.45) is 0 Å². The van der Waals surface area contributed by atoms with E-state index in [4.69, 9.17) is 14.2 Å². The number of nitrogens with zero attached hydrogens (tertiary/aromatic N) is 1. The number of hydrogen-bond donors (Lipinski definition) is 1. The molecule has 1 aromatic heterocycles. The molecule has 8 nitrogen and oxygen atoms in total. The maximum atomic E-state index is 13.7. The zero-order chi connectivity index (χ0) is 27.8. The summed E-state index contributed by atoms with van der Waals surface area (Å²) in [6, 6.07) is 25.6. The number of ether oxygens (including phenoxy) is 3. The molecule has 0 bridgehead atoms. The number of benzene rings is 3. The maximum absolute atomic E-state index is 13.7. The molecule has 3 aromatic carbocycles. The molecule has 0 fully saturated rings. The summed E-state index contributed by atoms with van der Waals surface area (Å²) in [5.74, 6) is -1.14. The molecule has 200 valence electrons. The van der Waals surface area contributed by atoms with Gasteiger partial charge in [-0.25, -0.2) is 4.79 Å². The molecule has 8 heteroatoms. The van der Waals surface area contributed by atoms with E-state index < -0.39 is 23.9 Å². The molecule has 0 radical (unpaired) electrons. The van der Waals surface area contributed by atoms with Crippen LogP contribution in [0.3, 0.4) is 0 Å². The number of hydrogen-bond acceptors (Lipinski definition) is 6. The van der Waals surface area contributed by atoms with E-state index in [0.29, 0.717) is 23.4 Å². The van der Waals surface area contributed by atoms with Gasteiger partial charge in [0, 0.05) is 30.8 Å². The van der Waals surface area contributed by atoms with Crippen molar-refractivity contribution in [1.82, 2.24) is 4.57 Å². The topological polar surface area (TPSA) is 95.9 Å². The molecule has 0 spiro atoms. The van der Waals surface area contributed by atoms with Crippen molar-refractivity contribution in [1.29, 1.82) is 0 Å². The van der Waals surface area contributed by atoms with E-state index in [2.05, 4.69) is 5.32 Å². The zero-order valence-corrected chi connectivity index (χ0v) is 22.0. The number of carbonyl (C=O) groups excluding carboxylic acids is 3. The fraction of sp³-hybridized carbons (Fsp3) is 0.194. The molecule has 4 aromatic rings. The van der Waals surface area contributed by atoms with Crippen LogP contribution in [0.5, 0.6) is 5.75 Å². The normalized spacial score (nSPS) is 11.4. The number of methoxy groups -OCH3 is 1. The van der Waals surface area contributed by atoms with Gasteiger partial charge in [0.2, 0.25) is 6.10 Å². The summed E-state index contributed by atoms with van der Waals surface area (Å²) in [6.07, 6.45) is 0.583. The zero-order valence-electron chi connectivity index (χ0n) is 22.0. The van der Waals surface area contributed by atoms with E-state index in [0.717, 1.165) is 11.1 Å². The van der Waals surface area contributed by atoms with Gasteiger partial charge in [-0.15, -0.1) is 0 Å². The predicted octanol–water partition coefficient (Wildman–Crippen LogP) is 5.63. The predicted molar refractivity (Wildman–Crippen MR) is 147 cm³/mol. The van der Waals surface area contributed by atoms with E-state index in [1.807, 2.05) is 42.5 Å². The van der Waals surface area contributed by atoms with Crippen LogP contribution in [0.25, 0.3) is 11.1 Å². The Labute approximate surface area is 227 Å². The Morgan fingerprint density at radius 3 is 2.13 bits per heavy atom. The largest absolute Gasteiger partial charge is 0.497 e. The summed E-state index contributed by atoms with van der Waals surface area (Å²) < 4.78 is 17.9. The fourth-order valence-corrected chi connectivity index (χ4v) is 4.25.